The quantitative estimate of drug-likeness (QED) is 0.423. The molecule has 0 bridgehead atoms. The Bertz CT molecular complexity index is 1220. The fraction of sp³-hybridized carbons (Fsp3) is 0.400. The van der Waals surface area contributed by atoms with Gasteiger partial charge in [-0.05, 0) is 56.0 Å². The van der Waals surface area contributed by atoms with Crippen molar-refractivity contribution in [1.82, 2.24) is 8.87 Å². The molecule has 2 aromatic carbocycles. The molecule has 0 radical (unpaired) electrons. The molecule has 1 aromatic heterocycles. The summed E-state index contributed by atoms with van der Waals surface area (Å²) in [7, 11) is -1.73. The maximum atomic E-state index is 13.0. The summed E-state index contributed by atoms with van der Waals surface area (Å²) in [6.45, 7) is 4.72. The lowest BCUT2D eigenvalue weighted by Crippen LogP contribution is -2.35. The van der Waals surface area contributed by atoms with Crippen LogP contribution in [0.3, 0.4) is 0 Å². The van der Waals surface area contributed by atoms with E-state index >= 15 is 0 Å². The highest BCUT2D eigenvalue weighted by molar-refractivity contribution is 7.89. The SMILES string of the molecule is COCCCn1c(-c2ccc(S(=O)(=O)N3CCCCC3)cc2)csc1=Nc1ccc(C)cc1. The highest BCUT2D eigenvalue weighted by Crippen LogP contribution is 2.26. The van der Waals surface area contributed by atoms with E-state index in [1.807, 2.05) is 24.3 Å². The van der Waals surface area contributed by atoms with Crippen molar-refractivity contribution in [1.29, 1.82) is 0 Å². The average molecular weight is 486 g/mol. The zero-order valence-corrected chi connectivity index (χ0v) is 20.9. The van der Waals surface area contributed by atoms with Gasteiger partial charge in [-0.15, -0.1) is 11.3 Å². The van der Waals surface area contributed by atoms with Gasteiger partial charge in [-0.1, -0.05) is 36.2 Å². The van der Waals surface area contributed by atoms with E-state index in [-0.39, 0.29) is 0 Å². The third-order valence-corrected chi connectivity index (χ3v) is 8.67. The third kappa shape index (κ3) is 5.63. The van der Waals surface area contributed by atoms with Crippen LogP contribution < -0.4 is 4.80 Å². The molecule has 176 valence electrons. The van der Waals surface area contributed by atoms with Gasteiger partial charge in [-0.3, -0.25) is 0 Å². The van der Waals surface area contributed by atoms with Crippen molar-refractivity contribution in [3.8, 4) is 11.3 Å². The second-order valence-electron chi connectivity index (χ2n) is 8.34. The first-order valence-electron chi connectivity index (χ1n) is 11.4. The van der Waals surface area contributed by atoms with Crippen LogP contribution in [0, 0.1) is 6.92 Å². The Morgan fingerprint density at radius 2 is 1.70 bits per heavy atom. The Balaban J connectivity index is 1.66. The highest BCUT2D eigenvalue weighted by Gasteiger charge is 2.25. The van der Waals surface area contributed by atoms with Crippen LogP contribution in [0.5, 0.6) is 0 Å². The predicted molar refractivity (Wildman–Crippen MR) is 133 cm³/mol. The van der Waals surface area contributed by atoms with E-state index in [2.05, 4.69) is 29.0 Å². The van der Waals surface area contributed by atoms with Crippen molar-refractivity contribution >= 4 is 27.0 Å². The number of thiazole rings is 1. The number of methoxy groups -OCH3 is 1. The molecule has 0 N–H and O–H groups in total. The number of hydrogen-bond donors (Lipinski definition) is 0. The van der Waals surface area contributed by atoms with E-state index in [9.17, 15) is 8.42 Å². The fourth-order valence-electron chi connectivity index (χ4n) is 4.01. The van der Waals surface area contributed by atoms with Crippen molar-refractivity contribution < 1.29 is 13.2 Å². The van der Waals surface area contributed by atoms with Gasteiger partial charge < -0.3 is 9.30 Å². The number of sulfonamides is 1. The molecule has 0 saturated carbocycles. The molecule has 0 atom stereocenters. The molecular formula is C25H31N3O3S2. The van der Waals surface area contributed by atoms with Gasteiger partial charge in [-0.25, -0.2) is 13.4 Å². The zero-order valence-electron chi connectivity index (χ0n) is 19.2. The molecule has 33 heavy (non-hydrogen) atoms. The maximum absolute atomic E-state index is 13.0. The van der Waals surface area contributed by atoms with Crippen LogP contribution in [0.25, 0.3) is 11.3 Å². The predicted octanol–water partition coefficient (Wildman–Crippen LogP) is 4.97. The lowest BCUT2D eigenvalue weighted by atomic mass is 10.2. The van der Waals surface area contributed by atoms with E-state index < -0.39 is 10.0 Å². The number of piperidine rings is 1. The first-order valence-corrected chi connectivity index (χ1v) is 13.7. The van der Waals surface area contributed by atoms with Crippen molar-refractivity contribution in [3.05, 3.63) is 64.3 Å². The first-order chi connectivity index (χ1) is 16.0. The van der Waals surface area contributed by atoms with Crippen molar-refractivity contribution in [2.24, 2.45) is 4.99 Å². The summed E-state index contributed by atoms with van der Waals surface area (Å²) < 4.78 is 35.1. The molecule has 0 amide bonds. The summed E-state index contributed by atoms with van der Waals surface area (Å²) >= 11 is 1.59. The fourth-order valence-corrected chi connectivity index (χ4v) is 6.49. The minimum atomic E-state index is -3.43. The number of rotatable bonds is 8. The van der Waals surface area contributed by atoms with Crippen LogP contribution in [0.4, 0.5) is 5.69 Å². The van der Waals surface area contributed by atoms with Gasteiger partial charge in [-0.2, -0.15) is 4.31 Å². The number of ether oxygens (including phenoxy) is 1. The summed E-state index contributed by atoms with van der Waals surface area (Å²) in [4.78, 5) is 6.14. The average Bonchev–Trinajstić information content (AvgIpc) is 3.23. The Morgan fingerprint density at radius 1 is 1.00 bits per heavy atom. The van der Waals surface area contributed by atoms with Crippen LogP contribution >= 0.6 is 11.3 Å². The minimum Gasteiger partial charge on any atom is -0.385 e. The largest absolute Gasteiger partial charge is 0.385 e. The lowest BCUT2D eigenvalue weighted by molar-refractivity contribution is 0.190. The maximum Gasteiger partial charge on any atom is 0.243 e. The monoisotopic (exact) mass is 485 g/mol. The van der Waals surface area contributed by atoms with Crippen LogP contribution in [0.1, 0.15) is 31.2 Å². The summed E-state index contributed by atoms with van der Waals surface area (Å²) in [5.41, 5.74) is 4.13. The molecule has 1 fully saturated rings. The van der Waals surface area contributed by atoms with Crippen LogP contribution in [0.2, 0.25) is 0 Å². The Hall–Kier alpha value is -2.26. The van der Waals surface area contributed by atoms with Gasteiger partial charge >= 0.3 is 0 Å². The molecule has 4 rings (SSSR count). The van der Waals surface area contributed by atoms with Crippen LogP contribution in [-0.4, -0.2) is 44.1 Å². The molecule has 0 unspecified atom stereocenters. The number of benzene rings is 2. The molecule has 1 aliphatic heterocycles. The summed E-state index contributed by atoms with van der Waals surface area (Å²) in [5.74, 6) is 0. The highest BCUT2D eigenvalue weighted by atomic mass is 32.2. The molecule has 0 spiro atoms. The number of nitrogens with zero attached hydrogens (tertiary/aromatic N) is 3. The molecule has 2 heterocycles. The first kappa shape index (κ1) is 23.9. The lowest BCUT2D eigenvalue weighted by Gasteiger charge is -2.25. The normalized spacial score (nSPS) is 15.8. The van der Waals surface area contributed by atoms with Gasteiger partial charge in [0.2, 0.25) is 10.0 Å². The standard InChI is InChI=1S/C25H31N3O3S2/c1-20-7-11-22(12-8-20)26-25-28(17-6-18-31-2)24(19-32-25)21-9-13-23(14-10-21)33(29,30)27-15-4-3-5-16-27/h7-14,19H,3-6,15-18H2,1-2H3. The van der Waals surface area contributed by atoms with Crippen LogP contribution in [0.15, 0.2) is 63.8 Å². The summed E-state index contributed by atoms with van der Waals surface area (Å²) in [5, 5.41) is 2.09. The van der Waals surface area contributed by atoms with Gasteiger partial charge in [0.25, 0.3) is 0 Å². The molecule has 3 aromatic rings. The second kappa shape index (κ2) is 10.8. The van der Waals surface area contributed by atoms with E-state index in [1.54, 1.807) is 34.9 Å². The molecule has 1 aliphatic rings. The summed E-state index contributed by atoms with van der Waals surface area (Å²) in [6.07, 6.45) is 3.83. The van der Waals surface area contributed by atoms with Crippen molar-refractivity contribution in [2.45, 2.75) is 44.0 Å². The topological polar surface area (TPSA) is 63.9 Å². The molecule has 8 heteroatoms. The molecule has 6 nitrogen and oxygen atoms in total. The van der Waals surface area contributed by atoms with Gasteiger partial charge in [0.05, 0.1) is 16.3 Å². The van der Waals surface area contributed by atoms with Gasteiger partial charge in [0, 0.05) is 38.7 Å². The Morgan fingerprint density at radius 3 is 2.36 bits per heavy atom. The van der Waals surface area contributed by atoms with E-state index in [4.69, 9.17) is 9.73 Å². The third-order valence-electron chi connectivity index (χ3n) is 5.89. The van der Waals surface area contributed by atoms with E-state index in [0.29, 0.717) is 24.6 Å². The van der Waals surface area contributed by atoms with Gasteiger partial charge in [0.15, 0.2) is 4.80 Å². The zero-order chi connectivity index (χ0) is 23.3. The molecule has 0 aliphatic carbocycles. The number of aryl methyl sites for hydroxylation is 1. The molecular weight excluding hydrogens is 454 g/mol. The van der Waals surface area contributed by atoms with E-state index in [0.717, 1.165) is 54.0 Å². The van der Waals surface area contributed by atoms with E-state index in [1.165, 1.54) is 5.56 Å². The van der Waals surface area contributed by atoms with Gasteiger partial charge in [0.1, 0.15) is 0 Å². The Kier molecular flexibility index (Phi) is 7.80. The smallest absolute Gasteiger partial charge is 0.243 e. The molecule has 1 saturated heterocycles. The summed E-state index contributed by atoms with van der Waals surface area (Å²) in [6, 6.07) is 15.4. The second-order valence-corrected chi connectivity index (χ2v) is 11.1. The van der Waals surface area contributed by atoms with Crippen molar-refractivity contribution in [3.63, 3.8) is 0 Å². The number of hydrogen-bond acceptors (Lipinski definition) is 5. The minimum absolute atomic E-state index is 0.360. The van der Waals surface area contributed by atoms with Crippen molar-refractivity contribution in [2.75, 3.05) is 26.8 Å². The Labute approximate surface area is 200 Å². The van der Waals surface area contributed by atoms with Crippen LogP contribution in [-0.2, 0) is 21.3 Å². The number of aromatic nitrogens is 1.